The lowest BCUT2D eigenvalue weighted by molar-refractivity contribution is -0.0860. The minimum Gasteiger partial charge on any atom is -0.493 e. The van der Waals surface area contributed by atoms with E-state index in [4.69, 9.17) is 15.6 Å². The predicted molar refractivity (Wildman–Crippen MR) is 37.5 cm³/mol. The third-order valence-corrected chi connectivity index (χ3v) is 1.53. The SMILES string of the molecule is CC1=C(C#N)CN(O)C(O)=C1. The molecule has 1 aliphatic heterocycles. The highest BCUT2D eigenvalue weighted by molar-refractivity contribution is 5.37. The number of hydrogen-bond acceptors (Lipinski definition) is 4. The molecule has 0 bridgehead atoms. The first-order valence-corrected chi connectivity index (χ1v) is 3.12. The van der Waals surface area contributed by atoms with Gasteiger partial charge in [-0.05, 0) is 12.5 Å². The lowest BCUT2D eigenvalue weighted by Gasteiger charge is -2.19. The molecule has 4 heteroatoms. The molecule has 0 aromatic carbocycles. The summed E-state index contributed by atoms with van der Waals surface area (Å²) in [6.07, 6.45) is 1.35. The number of rotatable bonds is 0. The van der Waals surface area contributed by atoms with E-state index in [-0.39, 0.29) is 12.4 Å². The van der Waals surface area contributed by atoms with Crippen molar-refractivity contribution in [3.8, 4) is 6.07 Å². The Morgan fingerprint density at radius 2 is 2.36 bits per heavy atom. The quantitative estimate of drug-likeness (QED) is 0.541. The summed E-state index contributed by atoms with van der Waals surface area (Å²) in [4.78, 5) is 0. The first-order chi connectivity index (χ1) is 5.15. The first kappa shape index (κ1) is 7.63. The zero-order valence-electron chi connectivity index (χ0n) is 6.07. The molecule has 0 atom stereocenters. The topological polar surface area (TPSA) is 67.5 Å². The van der Waals surface area contributed by atoms with Crippen molar-refractivity contribution in [1.82, 2.24) is 5.06 Å². The minimum atomic E-state index is -0.221. The fraction of sp³-hybridized carbons (Fsp3) is 0.286. The molecule has 58 valence electrons. The van der Waals surface area contributed by atoms with E-state index in [2.05, 4.69) is 0 Å². The van der Waals surface area contributed by atoms with Crippen LogP contribution in [0.1, 0.15) is 6.92 Å². The molecule has 0 aromatic heterocycles. The van der Waals surface area contributed by atoms with E-state index < -0.39 is 0 Å². The summed E-state index contributed by atoms with van der Waals surface area (Å²) >= 11 is 0. The Morgan fingerprint density at radius 1 is 1.73 bits per heavy atom. The molecule has 1 aliphatic rings. The molecule has 0 spiro atoms. The van der Waals surface area contributed by atoms with Gasteiger partial charge in [-0.1, -0.05) is 0 Å². The molecule has 1 heterocycles. The van der Waals surface area contributed by atoms with Gasteiger partial charge in [-0.15, -0.1) is 0 Å². The van der Waals surface area contributed by atoms with Crippen LogP contribution in [0.25, 0.3) is 0 Å². The molecule has 0 amide bonds. The largest absolute Gasteiger partial charge is 0.493 e. The van der Waals surface area contributed by atoms with Crippen LogP contribution in [-0.4, -0.2) is 21.9 Å². The van der Waals surface area contributed by atoms with Crippen LogP contribution >= 0.6 is 0 Å². The van der Waals surface area contributed by atoms with Crippen molar-refractivity contribution in [2.24, 2.45) is 0 Å². The number of aliphatic hydroxyl groups excluding tert-OH is 1. The third kappa shape index (κ3) is 1.33. The minimum absolute atomic E-state index is 0.0602. The summed E-state index contributed by atoms with van der Waals surface area (Å²) in [6.45, 7) is 1.77. The number of nitrogens with zero attached hydrogens (tertiary/aromatic N) is 2. The average Bonchev–Trinajstić information content (AvgIpc) is 1.97. The number of hydrogen-bond donors (Lipinski definition) is 2. The Balaban J connectivity index is 2.99. The highest BCUT2D eigenvalue weighted by atomic mass is 16.5. The fourth-order valence-electron chi connectivity index (χ4n) is 0.834. The molecule has 0 fully saturated rings. The van der Waals surface area contributed by atoms with Gasteiger partial charge < -0.3 is 5.11 Å². The molecule has 4 nitrogen and oxygen atoms in total. The van der Waals surface area contributed by atoms with Crippen LogP contribution in [0.5, 0.6) is 0 Å². The van der Waals surface area contributed by atoms with Crippen LogP contribution in [0.4, 0.5) is 0 Å². The maximum atomic E-state index is 8.95. The summed E-state index contributed by atoms with van der Waals surface area (Å²) in [6, 6.07) is 1.93. The zero-order chi connectivity index (χ0) is 8.43. The van der Waals surface area contributed by atoms with Crippen LogP contribution < -0.4 is 0 Å². The van der Waals surface area contributed by atoms with Gasteiger partial charge in [0.15, 0.2) is 0 Å². The second-order valence-electron chi connectivity index (χ2n) is 2.33. The van der Waals surface area contributed by atoms with Crippen molar-refractivity contribution >= 4 is 0 Å². The van der Waals surface area contributed by atoms with Crippen molar-refractivity contribution in [3.05, 3.63) is 23.1 Å². The number of allylic oxidation sites excluding steroid dienone is 2. The van der Waals surface area contributed by atoms with Gasteiger partial charge in [-0.2, -0.15) is 5.26 Å². The van der Waals surface area contributed by atoms with Gasteiger partial charge in [0.05, 0.1) is 18.2 Å². The Morgan fingerprint density at radius 3 is 2.91 bits per heavy atom. The Labute approximate surface area is 64.2 Å². The zero-order valence-corrected chi connectivity index (χ0v) is 6.07. The van der Waals surface area contributed by atoms with Crippen molar-refractivity contribution in [1.29, 1.82) is 5.26 Å². The molecule has 0 saturated heterocycles. The van der Waals surface area contributed by atoms with Crippen molar-refractivity contribution in [2.75, 3.05) is 6.54 Å². The Hall–Kier alpha value is -1.47. The molecule has 0 aromatic rings. The normalized spacial score (nSPS) is 17.9. The maximum Gasteiger partial charge on any atom is 0.211 e. The van der Waals surface area contributed by atoms with Gasteiger partial charge in [0.25, 0.3) is 0 Å². The molecule has 0 radical (unpaired) electrons. The third-order valence-electron chi connectivity index (χ3n) is 1.53. The molecule has 0 unspecified atom stereocenters. The molecule has 2 N–H and O–H groups in total. The highest BCUT2D eigenvalue weighted by Gasteiger charge is 2.14. The summed E-state index contributed by atoms with van der Waals surface area (Å²) in [7, 11) is 0. The second kappa shape index (κ2) is 2.64. The van der Waals surface area contributed by atoms with Crippen LogP contribution in [0.15, 0.2) is 23.1 Å². The van der Waals surface area contributed by atoms with E-state index in [1.54, 1.807) is 6.92 Å². The number of hydroxylamine groups is 2. The molecule has 11 heavy (non-hydrogen) atoms. The monoisotopic (exact) mass is 152 g/mol. The van der Waals surface area contributed by atoms with Crippen molar-refractivity contribution in [3.63, 3.8) is 0 Å². The van der Waals surface area contributed by atoms with Gasteiger partial charge in [0.2, 0.25) is 5.88 Å². The summed E-state index contributed by atoms with van der Waals surface area (Å²) in [5.41, 5.74) is 1.15. The van der Waals surface area contributed by atoms with Gasteiger partial charge in [-0.3, -0.25) is 5.21 Å². The van der Waals surface area contributed by atoms with E-state index in [1.807, 2.05) is 6.07 Å². The first-order valence-electron chi connectivity index (χ1n) is 3.12. The van der Waals surface area contributed by atoms with E-state index in [9.17, 15) is 0 Å². The smallest absolute Gasteiger partial charge is 0.211 e. The van der Waals surface area contributed by atoms with Crippen molar-refractivity contribution < 1.29 is 10.3 Å². The summed E-state index contributed by atoms with van der Waals surface area (Å²) in [5.74, 6) is -0.221. The molecule has 0 saturated carbocycles. The standard InChI is InChI=1S/C7H8N2O2/c1-5-2-7(10)9(11)4-6(5)3-8/h2,10-11H,4H2,1H3. The van der Waals surface area contributed by atoms with Crippen LogP contribution in [0.3, 0.4) is 0 Å². The van der Waals surface area contributed by atoms with Gasteiger partial charge >= 0.3 is 0 Å². The fourth-order valence-corrected chi connectivity index (χ4v) is 0.834. The highest BCUT2D eigenvalue weighted by Crippen LogP contribution is 2.15. The summed E-state index contributed by atoms with van der Waals surface area (Å²) in [5, 5.41) is 27.0. The van der Waals surface area contributed by atoms with E-state index in [0.29, 0.717) is 16.2 Å². The van der Waals surface area contributed by atoms with Gasteiger partial charge in [0.1, 0.15) is 0 Å². The van der Waals surface area contributed by atoms with E-state index in [0.717, 1.165) is 0 Å². The predicted octanol–water partition coefficient (Wildman–Crippen LogP) is 0.931. The van der Waals surface area contributed by atoms with Crippen LogP contribution in [0.2, 0.25) is 0 Å². The molecule has 1 rings (SSSR count). The van der Waals surface area contributed by atoms with Gasteiger partial charge in [-0.25, -0.2) is 5.06 Å². The lowest BCUT2D eigenvalue weighted by Crippen LogP contribution is -2.24. The molecular formula is C7H8N2O2. The summed E-state index contributed by atoms with van der Waals surface area (Å²) < 4.78 is 0. The lowest BCUT2D eigenvalue weighted by atomic mass is 10.1. The number of nitriles is 1. The molecular weight excluding hydrogens is 144 g/mol. The van der Waals surface area contributed by atoms with E-state index in [1.165, 1.54) is 6.08 Å². The number of aliphatic hydroxyl groups is 1. The second-order valence-corrected chi connectivity index (χ2v) is 2.33. The van der Waals surface area contributed by atoms with E-state index >= 15 is 0 Å². The van der Waals surface area contributed by atoms with Crippen LogP contribution in [-0.2, 0) is 0 Å². The molecule has 0 aliphatic carbocycles. The average molecular weight is 152 g/mol. The van der Waals surface area contributed by atoms with Crippen molar-refractivity contribution in [2.45, 2.75) is 6.92 Å². The Kier molecular flexibility index (Phi) is 1.83. The van der Waals surface area contributed by atoms with Gasteiger partial charge in [0, 0.05) is 6.08 Å². The Bertz CT molecular complexity index is 273. The van der Waals surface area contributed by atoms with Crippen LogP contribution in [0, 0.1) is 11.3 Å². The maximum absolute atomic E-state index is 8.95.